The predicted octanol–water partition coefficient (Wildman–Crippen LogP) is 5.51. The second-order valence-electron chi connectivity index (χ2n) is 10.2. The molecule has 27 heavy (non-hydrogen) atoms. The van der Waals surface area contributed by atoms with Crippen molar-refractivity contribution in [3.8, 4) is 0 Å². The van der Waals surface area contributed by atoms with E-state index in [0.29, 0.717) is 17.9 Å². The van der Waals surface area contributed by atoms with E-state index < -0.39 is 0 Å². The molecule has 150 valence electrons. The lowest BCUT2D eigenvalue weighted by molar-refractivity contribution is 0.0466. The minimum atomic E-state index is 0.469. The van der Waals surface area contributed by atoms with E-state index in [1.54, 1.807) is 0 Å². The van der Waals surface area contributed by atoms with E-state index in [0.717, 1.165) is 35.6 Å². The zero-order valence-electron chi connectivity index (χ0n) is 17.3. The van der Waals surface area contributed by atoms with E-state index in [1.165, 1.54) is 77.0 Å². The van der Waals surface area contributed by atoms with Crippen molar-refractivity contribution in [1.82, 2.24) is 15.1 Å². The minimum absolute atomic E-state index is 0.469. The Balaban J connectivity index is 1.41. The average molecular weight is 372 g/mol. The smallest absolute Gasteiger partial charge is 0.221 e. The first-order valence-electron chi connectivity index (χ1n) is 11.8. The van der Waals surface area contributed by atoms with Gasteiger partial charge in [-0.1, -0.05) is 39.0 Å². The van der Waals surface area contributed by atoms with E-state index in [2.05, 4.69) is 29.1 Å². The van der Waals surface area contributed by atoms with E-state index in [9.17, 15) is 0 Å². The van der Waals surface area contributed by atoms with E-state index in [4.69, 9.17) is 4.42 Å². The van der Waals surface area contributed by atoms with E-state index >= 15 is 0 Å². The number of fused-ring (bicyclic) bond motifs is 2. The lowest BCUT2D eigenvalue weighted by Crippen LogP contribution is -2.47. The Hall–Kier alpha value is -0.900. The highest BCUT2D eigenvalue weighted by molar-refractivity contribution is 5.11. The molecule has 4 heteroatoms. The zero-order valence-corrected chi connectivity index (χ0v) is 17.3. The SMILES string of the molecule is CC1CCC([C@H]2C[C@H]3CCC([C@@H]2c2nnc(C4CCCCC4)o2)N3C)CC1. The summed E-state index contributed by atoms with van der Waals surface area (Å²) < 4.78 is 6.45. The van der Waals surface area contributed by atoms with Gasteiger partial charge in [-0.2, -0.15) is 0 Å². The number of hydrogen-bond acceptors (Lipinski definition) is 4. The molecule has 1 aromatic rings. The largest absolute Gasteiger partial charge is 0.425 e. The van der Waals surface area contributed by atoms with Gasteiger partial charge in [0.2, 0.25) is 11.8 Å². The molecular weight excluding hydrogens is 334 g/mol. The number of likely N-dealkylation sites (N-methyl/N-ethyl adjacent to an activating group) is 1. The molecule has 1 aromatic heterocycles. The third-order valence-corrected chi connectivity index (χ3v) is 8.68. The molecule has 2 bridgehead atoms. The third-order valence-electron chi connectivity index (χ3n) is 8.68. The van der Waals surface area contributed by atoms with Gasteiger partial charge in [-0.15, -0.1) is 10.2 Å². The molecule has 2 aliphatic carbocycles. The fourth-order valence-electron chi connectivity index (χ4n) is 6.95. The molecule has 4 fully saturated rings. The Morgan fingerprint density at radius 1 is 0.852 bits per heavy atom. The molecule has 0 N–H and O–H groups in total. The lowest BCUT2D eigenvalue weighted by atomic mass is 9.67. The summed E-state index contributed by atoms with van der Waals surface area (Å²) in [5.41, 5.74) is 0. The molecule has 3 heterocycles. The first-order chi connectivity index (χ1) is 13.2. The molecular formula is C23H37N3O. The molecule has 0 aromatic carbocycles. The highest BCUT2D eigenvalue weighted by atomic mass is 16.4. The molecule has 4 nitrogen and oxygen atoms in total. The molecule has 2 aliphatic heterocycles. The number of aromatic nitrogens is 2. The Labute approximate surface area is 164 Å². The molecule has 0 radical (unpaired) electrons. The van der Waals surface area contributed by atoms with Crippen LogP contribution in [-0.4, -0.2) is 34.2 Å². The highest BCUT2D eigenvalue weighted by Crippen LogP contribution is 2.52. The molecule has 0 amide bonds. The quantitative estimate of drug-likeness (QED) is 0.702. The summed E-state index contributed by atoms with van der Waals surface area (Å²) in [6.45, 7) is 2.43. The maximum atomic E-state index is 6.45. The summed E-state index contributed by atoms with van der Waals surface area (Å²) in [6.07, 6.45) is 16.2. The number of nitrogens with zero attached hydrogens (tertiary/aromatic N) is 3. The van der Waals surface area contributed by atoms with Crippen molar-refractivity contribution in [2.24, 2.45) is 17.8 Å². The topological polar surface area (TPSA) is 42.2 Å². The van der Waals surface area contributed by atoms with Crippen molar-refractivity contribution in [3.63, 3.8) is 0 Å². The maximum absolute atomic E-state index is 6.45. The number of rotatable bonds is 3. The average Bonchev–Trinajstić information content (AvgIpc) is 3.26. The van der Waals surface area contributed by atoms with Gasteiger partial charge in [0.15, 0.2) is 0 Å². The molecule has 2 saturated heterocycles. The molecule has 0 spiro atoms. The van der Waals surface area contributed by atoms with Crippen LogP contribution in [0.2, 0.25) is 0 Å². The van der Waals surface area contributed by atoms with Crippen LogP contribution in [0.4, 0.5) is 0 Å². The molecule has 4 atom stereocenters. The van der Waals surface area contributed by atoms with Crippen molar-refractivity contribution in [1.29, 1.82) is 0 Å². The van der Waals surface area contributed by atoms with Gasteiger partial charge in [-0.25, -0.2) is 0 Å². The van der Waals surface area contributed by atoms with Crippen LogP contribution in [0.25, 0.3) is 0 Å². The van der Waals surface area contributed by atoms with Crippen LogP contribution in [-0.2, 0) is 0 Å². The zero-order chi connectivity index (χ0) is 18.4. The summed E-state index contributed by atoms with van der Waals surface area (Å²) in [7, 11) is 2.34. The first-order valence-corrected chi connectivity index (χ1v) is 11.8. The van der Waals surface area contributed by atoms with Gasteiger partial charge in [0.1, 0.15) is 0 Å². The molecule has 1 unspecified atom stereocenters. The van der Waals surface area contributed by atoms with Crippen LogP contribution in [0.3, 0.4) is 0 Å². The van der Waals surface area contributed by atoms with Crippen molar-refractivity contribution >= 4 is 0 Å². The second-order valence-corrected chi connectivity index (χ2v) is 10.2. The molecule has 2 saturated carbocycles. The number of piperidine rings is 1. The van der Waals surface area contributed by atoms with Crippen LogP contribution in [0, 0.1) is 17.8 Å². The van der Waals surface area contributed by atoms with E-state index in [-0.39, 0.29) is 0 Å². The van der Waals surface area contributed by atoms with Gasteiger partial charge in [0.05, 0.1) is 5.92 Å². The summed E-state index contributed by atoms with van der Waals surface area (Å²) in [5, 5.41) is 9.26. The van der Waals surface area contributed by atoms with Gasteiger partial charge in [0, 0.05) is 18.0 Å². The summed E-state index contributed by atoms with van der Waals surface area (Å²) in [4.78, 5) is 2.65. The normalized spacial score (nSPS) is 41.1. The predicted molar refractivity (Wildman–Crippen MR) is 107 cm³/mol. The van der Waals surface area contributed by atoms with Crippen molar-refractivity contribution < 1.29 is 4.42 Å². The first kappa shape index (κ1) is 18.1. The monoisotopic (exact) mass is 371 g/mol. The fraction of sp³-hybridized carbons (Fsp3) is 0.913. The standard InChI is InChI=1S/C23H37N3O/c1-15-8-10-16(11-9-15)19-14-18-12-13-20(26(18)2)21(19)23-25-24-22(27-23)17-6-4-3-5-7-17/h15-21H,3-14H2,1-2H3/t15?,16?,18-,19-,20?,21-/m1/s1. The Kier molecular flexibility index (Phi) is 5.04. The molecule has 4 aliphatic rings. The van der Waals surface area contributed by atoms with Gasteiger partial charge >= 0.3 is 0 Å². The van der Waals surface area contributed by atoms with Crippen LogP contribution in [0.1, 0.15) is 108 Å². The lowest BCUT2D eigenvalue weighted by Gasteiger charge is -2.46. The van der Waals surface area contributed by atoms with Crippen LogP contribution in [0.15, 0.2) is 4.42 Å². The van der Waals surface area contributed by atoms with Gasteiger partial charge < -0.3 is 4.42 Å². The second kappa shape index (κ2) is 7.50. The Morgan fingerprint density at radius 2 is 1.59 bits per heavy atom. The van der Waals surface area contributed by atoms with Gasteiger partial charge in [-0.05, 0) is 69.7 Å². The van der Waals surface area contributed by atoms with Crippen LogP contribution in [0.5, 0.6) is 0 Å². The Morgan fingerprint density at radius 3 is 2.37 bits per heavy atom. The van der Waals surface area contributed by atoms with Crippen LogP contribution < -0.4 is 0 Å². The fourth-order valence-corrected chi connectivity index (χ4v) is 6.95. The molecule has 5 rings (SSSR count). The highest BCUT2D eigenvalue weighted by Gasteiger charge is 2.50. The van der Waals surface area contributed by atoms with Crippen LogP contribution >= 0.6 is 0 Å². The summed E-state index contributed by atoms with van der Waals surface area (Å²) >= 11 is 0. The minimum Gasteiger partial charge on any atom is -0.425 e. The van der Waals surface area contributed by atoms with Gasteiger partial charge in [0.25, 0.3) is 0 Å². The third kappa shape index (κ3) is 3.36. The van der Waals surface area contributed by atoms with E-state index in [1.807, 2.05) is 0 Å². The van der Waals surface area contributed by atoms with Crippen molar-refractivity contribution in [3.05, 3.63) is 11.8 Å². The number of hydrogen-bond donors (Lipinski definition) is 0. The maximum Gasteiger partial charge on any atom is 0.221 e. The van der Waals surface area contributed by atoms with Crippen molar-refractivity contribution in [2.45, 2.75) is 108 Å². The Bertz CT molecular complexity index is 629. The summed E-state index contributed by atoms with van der Waals surface area (Å²) in [5.74, 6) is 5.46. The summed E-state index contributed by atoms with van der Waals surface area (Å²) in [6, 6.07) is 1.41. The van der Waals surface area contributed by atoms with Gasteiger partial charge in [-0.3, -0.25) is 4.90 Å². The van der Waals surface area contributed by atoms with Crippen molar-refractivity contribution in [2.75, 3.05) is 7.05 Å².